The van der Waals surface area contributed by atoms with Gasteiger partial charge in [0.15, 0.2) is 4.96 Å². The van der Waals surface area contributed by atoms with Crippen LogP contribution in [0.1, 0.15) is 16.2 Å². The average molecular weight is 358 g/mol. The van der Waals surface area contributed by atoms with Crippen molar-refractivity contribution in [3.63, 3.8) is 0 Å². The lowest BCUT2D eigenvalue weighted by molar-refractivity contribution is 0.000403. The van der Waals surface area contributed by atoms with Gasteiger partial charge in [-0.25, -0.2) is 13.4 Å². The fourth-order valence-corrected chi connectivity index (χ4v) is 4.18. The number of hydrogen-bond donors (Lipinski definition) is 1. The number of morpholine rings is 1. The summed E-state index contributed by atoms with van der Waals surface area (Å²) in [7, 11) is -3.24. The summed E-state index contributed by atoms with van der Waals surface area (Å²) < 4.78 is 31.8. The maximum atomic E-state index is 12.4. The number of ether oxygens (including phenoxy) is 1. The number of nitrogens with one attached hydrogen (secondary N) is 1. The average Bonchev–Trinajstić information content (AvgIpc) is 3.04. The molecule has 10 heteroatoms. The summed E-state index contributed by atoms with van der Waals surface area (Å²) in [5, 5.41) is 4.68. The fraction of sp³-hybridized carbons (Fsp3) is 0.538. The van der Waals surface area contributed by atoms with Gasteiger partial charge < -0.3 is 10.1 Å². The molecule has 0 unspecified atom stereocenters. The van der Waals surface area contributed by atoms with Gasteiger partial charge in [-0.15, -0.1) is 11.3 Å². The molecular formula is C13H18N4O4S2. The van der Waals surface area contributed by atoms with Crippen LogP contribution in [0.2, 0.25) is 0 Å². The van der Waals surface area contributed by atoms with Gasteiger partial charge in [0.05, 0.1) is 24.7 Å². The molecule has 126 valence electrons. The molecule has 0 aromatic carbocycles. The zero-order chi connectivity index (χ0) is 16.6. The van der Waals surface area contributed by atoms with E-state index in [9.17, 15) is 13.2 Å². The Balaban J connectivity index is 1.65. The molecule has 0 aliphatic carbocycles. The van der Waals surface area contributed by atoms with Gasteiger partial charge in [-0.05, 0) is 6.92 Å². The topological polar surface area (TPSA) is 93.0 Å². The van der Waals surface area contributed by atoms with Crippen LogP contribution in [0.5, 0.6) is 0 Å². The number of aromatic nitrogens is 2. The predicted molar refractivity (Wildman–Crippen MR) is 86.3 cm³/mol. The van der Waals surface area contributed by atoms with Crippen molar-refractivity contribution in [3.05, 3.63) is 23.0 Å². The second-order valence-corrected chi connectivity index (χ2v) is 8.28. The smallest absolute Gasteiger partial charge is 0.270 e. The fourth-order valence-electron chi connectivity index (χ4n) is 2.57. The lowest BCUT2D eigenvalue weighted by Crippen LogP contribution is -2.49. The monoisotopic (exact) mass is 358 g/mol. The Morgan fingerprint density at radius 2 is 2.35 bits per heavy atom. The molecule has 1 saturated heterocycles. The van der Waals surface area contributed by atoms with E-state index in [1.165, 1.54) is 21.9 Å². The quantitative estimate of drug-likeness (QED) is 0.836. The number of hydrogen-bond acceptors (Lipinski definition) is 6. The summed E-state index contributed by atoms with van der Waals surface area (Å²) >= 11 is 1.46. The van der Waals surface area contributed by atoms with Crippen LogP contribution in [0, 0.1) is 6.92 Å². The van der Waals surface area contributed by atoms with Gasteiger partial charge in [-0.1, -0.05) is 0 Å². The number of sulfonamides is 1. The van der Waals surface area contributed by atoms with Crippen LogP contribution in [0.15, 0.2) is 11.6 Å². The van der Waals surface area contributed by atoms with Crippen LogP contribution in [0.3, 0.4) is 0 Å². The van der Waals surface area contributed by atoms with Gasteiger partial charge >= 0.3 is 0 Å². The van der Waals surface area contributed by atoms with Gasteiger partial charge in [0.1, 0.15) is 5.69 Å². The molecule has 1 atom stereocenters. The van der Waals surface area contributed by atoms with Crippen LogP contribution in [0.4, 0.5) is 0 Å². The molecule has 8 nitrogen and oxygen atoms in total. The van der Waals surface area contributed by atoms with Crippen molar-refractivity contribution in [3.8, 4) is 0 Å². The highest BCUT2D eigenvalue weighted by Crippen LogP contribution is 2.16. The van der Waals surface area contributed by atoms with Gasteiger partial charge in [0.25, 0.3) is 5.91 Å². The summed E-state index contributed by atoms with van der Waals surface area (Å²) in [6, 6.07) is 0. The number of thiazole rings is 1. The van der Waals surface area contributed by atoms with Gasteiger partial charge in [0, 0.05) is 31.2 Å². The predicted octanol–water partition coefficient (Wildman–Crippen LogP) is 0.0944. The van der Waals surface area contributed by atoms with Crippen molar-refractivity contribution in [2.75, 3.05) is 32.5 Å². The van der Waals surface area contributed by atoms with Crippen molar-refractivity contribution in [2.24, 2.45) is 0 Å². The Morgan fingerprint density at radius 1 is 1.57 bits per heavy atom. The first-order valence-corrected chi connectivity index (χ1v) is 9.86. The van der Waals surface area contributed by atoms with Crippen LogP contribution in [-0.4, -0.2) is 66.6 Å². The number of carbonyl (C=O) groups excluding carboxylic acids is 1. The normalized spacial score (nSPS) is 20.0. The number of imidazole rings is 1. The Bertz CT molecular complexity index is 826. The molecule has 0 saturated carbocycles. The third-order valence-electron chi connectivity index (χ3n) is 3.71. The SMILES string of the molecule is Cc1nc2sccn2c1C(=O)NC[C@H]1CN(S(C)(=O)=O)CCO1. The summed E-state index contributed by atoms with van der Waals surface area (Å²) in [4.78, 5) is 17.5. The first-order chi connectivity index (χ1) is 10.9. The third kappa shape index (κ3) is 3.39. The van der Waals surface area contributed by atoms with Crippen LogP contribution in [0.25, 0.3) is 4.96 Å². The van der Waals surface area contributed by atoms with E-state index in [1.54, 1.807) is 17.5 Å². The number of nitrogens with zero attached hydrogens (tertiary/aromatic N) is 3. The van der Waals surface area contributed by atoms with Crippen molar-refractivity contribution in [1.29, 1.82) is 0 Å². The van der Waals surface area contributed by atoms with Crippen LogP contribution < -0.4 is 5.32 Å². The number of amides is 1. The molecule has 1 fully saturated rings. The Hall–Kier alpha value is -1.49. The number of aryl methyl sites for hydroxylation is 1. The first-order valence-electron chi connectivity index (χ1n) is 7.13. The molecule has 2 aromatic heterocycles. The largest absolute Gasteiger partial charge is 0.374 e. The highest BCUT2D eigenvalue weighted by molar-refractivity contribution is 7.88. The number of rotatable bonds is 4. The second kappa shape index (κ2) is 6.19. The maximum Gasteiger partial charge on any atom is 0.270 e. The minimum atomic E-state index is -3.24. The summed E-state index contributed by atoms with van der Waals surface area (Å²) in [5.74, 6) is -0.242. The molecule has 1 amide bonds. The van der Waals surface area contributed by atoms with E-state index < -0.39 is 10.0 Å². The molecule has 0 radical (unpaired) electrons. The van der Waals surface area contributed by atoms with Gasteiger partial charge in [-0.3, -0.25) is 9.20 Å². The molecule has 2 aromatic rings. The standard InChI is InChI=1S/C13H18N4O4S2/c1-9-11(17-4-6-22-13(17)15-9)12(18)14-7-10-8-16(3-5-21-10)23(2,19)20/h4,6,10H,3,5,7-8H2,1-2H3,(H,14,18)/t10-/m0/s1. The second-order valence-electron chi connectivity index (χ2n) is 5.43. The van der Waals surface area contributed by atoms with E-state index >= 15 is 0 Å². The Labute approximate surface area is 138 Å². The van der Waals surface area contributed by atoms with E-state index in [4.69, 9.17) is 4.74 Å². The summed E-state index contributed by atoms with van der Waals surface area (Å²) in [6.45, 7) is 2.96. The zero-order valence-corrected chi connectivity index (χ0v) is 14.5. The van der Waals surface area contributed by atoms with E-state index in [-0.39, 0.29) is 25.1 Å². The van der Waals surface area contributed by atoms with Crippen molar-refractivity contribution < 1.29 is 17.9 Å². The highest BCUT2D eigenvalue weighted by Gasteiger charge is 2.27. The van der Waals surface area contributed by atoms with Crippen LogP contribution in [-0.2, 0) is 14.8 Å². The van der Waals surface area contributed by atoms with Crippen molar-refractivity contribution >= 4 is 32.2 Å². The third-order valence-corrected chi connectivity index (χ3v) is 5.74. The Morgan fingerprint density at radius 3 is 3.09 bits per heavy atom. The molecule has 3 heterocycles. The molecule has 0 bridgehead atoms. The van der Waals surface area contributed by atoms with Crippen LogP contribution >= 0.6 is 11.3 Å². The molecule has 1 N–H and O–H groups in total. The van der Waals surface area contributed by atoms with E-state index in [2.05, 4.69) is 10.3 Å². The van der Waals surface area contributed by atoms with Crippen molar-refractivity contribution in [1.82, 2.24) is 19.0 Å². The number of carbonyl (C=O) groups is 1. The minimum Gasteiger partial charge on any atom is -0.374 e. The molecular weight excluding hydrogens is 340 g/mol. The molecule has 1 aliphatic heterocycles. The molecule has 1 aliphatic rings. The highest BCUT2D eigenvalue weighted by atomic mass is 32.2. The summed E-state index contributed by atoms with van der Waals surface area (Å²) in [5.41, 5.74) is 1.16. The van der Waals surface area contributed by atoms with Crippen molar-refractivity contribution in [2.45, 2.75) is 13.0 Å². The molecule has 3 rings (SSSR count). The number of fused-ring (bicyclic) bond motifs is 1. The lowest BCUT2D eigenvalue weighted by atomic mass is 10.3. The van der Waals surface area contributed by atoms with Gasteiger partial charge in [-0.2, -0.15) is 4.31 Å². The van der Waals surface area contributed by atoms with E-state index in [0.29, 0.717) is 24.5 Å². The molecule has 0 spiro atoms. The van der Waals surface area contributed by atoms with E-state index in [1.807, 2.05) is 5.38 Å². The maximum absolute atomic E-state index is 12.4. The first kappa shape index (κ1) is 16.4. The molecule has 23 heavy (non-hydrogen) atoms. The lowest BCUT2D eigenvalue weighted by Gasteiger charge is -2.31. The minimum absolute atomic E-state index is 0.242. The summed E-state index contributed by atoms with van der Waals surface area (Å²) in [6.07, 6.45) is 2.63. The Kier molecular flexibility index (Phi) is 4.41. The van der Waals surface area contributed by atoms with Gasteiger partial charge in [0.2, 0.25) is 10.0 Å². The zero-order valence-electron chi connectivity index (χ0n) is 12.9. The van der Waals surface area contributed by atoms with E-state index in [0.717, 1.165) is 4.96 Å².